The van der Waals surface area contributed by atoms with E-state index in [0.29, 0.717) is 16.8 Å². The number of fused-ring (bicyclic) bond motifs is 1. The first-order valence-corrected chi connectivity index (χ1v) is 13.2. The Kier molecular flexibility index (Phi) is 8.19. The summed E-state index contributed by atoms with van der Waals surface area (Å²) in [5.41, 5.74) is -0.291. The Labute approximate surface area is 239 Å². The van der Waals surface area contributed by atoms with E-state index in [-0.39, 0.29) is 17.7 Å². The van der Waals surface area contributed by atoms with Crippen LogP contribution in [0.3, 0.4) is 0 Å². The molecule has 0 unspecified atom stereocenters. The summed E-state index contributed by atoms with van der Waals surface area (Å²) in [6.07, 6.45) is -0.914. The topological polar surface area (TPSA) is 111 Å². The summed E-state index contributed by atoms with van der Waals surface area (Å²) >= 11 is 0. The molecule has 0 fully saturated rings. The monoisotopic (exact) mass is 558 g/mol. The van der Waals surface area contributed by atoms with Crippen LogP contribution in [0.25, 0.3) is 0 Å². The molecule has 2 amide bonds. The highest BCUT2D eigenvalue weighted by Crippen LogP contribution is 2.50. The molecule has 0 spiro atoms. The van der Waals surface area contributed by atoms with Gasteiger partial charge in [0.2, 0.25) is 0 Å². The van der Waals surface area contributed by atoms with Crippen LogP contribution in [0, 0.1) is 6.92 Å². The van der Waals surface area contributed by atoms with Gasteiger partial charge in [0.25, 0.3) is 5.91 Å². The molecule has 0 saturated heterocycles. The molecule has 0 aromatic heterocycles. The highest BCUT2D eigenvalue weighted by atomic mass is 16.6. The molecular formula is C32H34N2O7. The largest absolute Gasteiger partial charge is 0.468 e. The Balaban J connectivity index is 2.03. The number of hydrogen-bond donors (Lipinski definition) is 1. The summed E-state index contributed by atoms with van der Waals surface area (Å²) in [6.45, 7) is 7.04. The van der Waals surface area contributed by atoms with Crippen LogP contribution in [-0.4, -0.2) is 43.8 Å². The quantitative estimate of drug-likeness (QED) is 0.321. The number of benzene rings is 3. The van der Waals surface area contributed by atoms with Gasteiger partial charge in [0.05, 0.1) is 32.0 Å². The average Bonchev–Trinajstić information content (AvgIpc) is 3.15. The summed E-state index contributed by atoms with van der Waals surface area (Å²) in [4.78, 5) is 56.6. The summed E-state index contributed by atoms with van der Waals surface area (Å²) in [6, 6.07) is 21.1. The van der Waals surface area contributed by atoms with Gasteiger partial charge < -0.3 is 24.4 Å². The van der Waals surface area contributed by atoms with Gasteiger partial charge >= 0.3 is 18.0 Å². The summed E-state index contributed by atoms with van der Waals surface area (Å²) in [5, 5.41) is 2.78. The zero-order valence-corrected chi connectivity index (χ0v) is 24.0. The van der Waals surface area contributed by atoms with Crippen LogP contribution in [0.1, 0.15) is 59.3 Å². The molecule has 41 heavy (non-hydrogen) atoms. The molecule has 9 heteroatoms. The molecule has 3 aromatic rings. The zero-order chi connectivity index (χ0) is 29.9. The highest BCUT2D eigenvalue weighted by molar-refractivity contribution is 6.13. The second-order valence-electron chi connectivity index (χ2n) is 10.9. The van der Waals surface area contributed by atoms with Crippen molar-refractivity contribution in [3.63, 3.8) is 0 Å². The number of aryl methyl sites for hydroxylation is 1. The van der Waals surface area contributed by atoms with Crippen molar-refractivity contribution < 1.29 is 33.4 Å². The van der Waals surface area contributed by atoms with Crippen molar-refractivity contribution in [2.45, 2.75) is 51.3 Å². The number of esters is 2. The Morgan fingerprint density at radius 1 is 0.927 bits per heavy atom. The normalized spacial score (nSPS) is 16.9. The number of ether oxygens (including phenoxy) is 3. The van der Waals surface area contributed by atoms with Crippen molar-refractivity contribution in [3.05, 3.63) is 101 Å². The van der Waals surface area contributed by atoms with E-state index in [0.717, 1.165) is 5.56 Å². The first kappa shape index (κ1) is 29.3. The smallest absolute Gasteiger partial charge is 0.408 e. The lowest BCUT2D eigenvalue weighted by Gasteiger charge is -2.37. The van der Waals surface area contributed by atoms with Gasteiger partial charge in [-0.25, -0.2) is 9.59 Å². The van der Waals surface area contributed by atoms with Crippen LogP contribution in [0.2, 0.25) is 0 Å². The fraction of sp³-hybridized carbons (Fsp3) is 0.312. The third-order valence-electron chi connectivity index (χ3n) is 6.88. The molecule has 0 bridgehead atoms. The van der Waals surface area contributed by atoms with Gasteiger partial charge in [-0.15, -0.1) is 0 Å². The first-order chi connectivity index (χ1) is 19.4. The van der Waals surface area contributed by atoms with Crippen molar-refractivity contribution in [3.8, 4) is 0 Å². The van der Waals surface area contributed by atoms with Crippen LogP contribution < -0.4 is 10.2 Å². The maximum atomic E-state index is 14.8. The number of para-hydroxylation sites is 1. The van der Waals surface area contributed by atoms with E-state index in [1.54, 1.807) is 64.1 Å². The number of carbonyl (C=O) groups excluding carboxylic acids is 4. The predicted octanol–water partition coefficient (Wildman–Crippen LogP) is 5.01. The molecular weight excluding hydrogens is 524 g/mol. The molecule has 3 aromatic carbocycles. The number of methoxy groups -OCH3 is 2. The molecule has 2 atom stereocenters. The Morgan fingerprint density at radius 3 is 2.22 bits per heavy atom. The van der Waals surface area contributed by atoms with E-state index in [2.05, 4.69) is 5.32 Å². The SMILES string of the molecule is COC(=O)c1ccc(C)cc1[C@@H](C(=O)OC)[C@]1(NC(=O)OC(C)(C)C)C(=O)N(Cc2ccccc2)c2ccccc21. The van der Waals surface area contributed by atoms with E-state index in [1.165, 1.54) is 25.2 Å². The minimum absolute atomic E-state index is 0.0608. The summed E-state index contributed by atoms with van der Waals surface area (Å²) < 4.78 is 15.9. The fourth-order valence-corrected chi connectivity index (χ4v) is 5.21. The van der Waals surface area contributed by atoms with E-state index >= 15 is 0 Å². The third kappa shape index (κ3) is 5.66. The van der Waals surface area contributed by atoms with Crippen LogP contribution in [0.15, 0.2) is 72.8 Å². The molecule has 9 nitrogen and oxygen atoms in total. The van der Waals surface area contributed by atoms with Crippen molar-refractivity contribution in [1.29, 1.82) is 0 Å². The van der Waals surface area contributed by atoms with E-state index in [4.69, 9.17) is 14.2 Å². The average molecular weight is 559 g/mol. The minimum atomic E-state index is -2.03. The lowest BCUT2D eigenvalue weighted by molar-refractivity contribution is -0.147. The van der Waals surface area contributed by atoms with Crippen molar-refractivity contribution in [2.24, 2.45) is 0 Å². The van der Waals surface area contributed by atoms with Gasteiger partial charge in [-0.3, -0.25) is 9.59 Å². The van der Waals surface area contributed by atoms with Crippen LogP contribution >= 0.6 is 0 Å². The number of rotatable bonds is 7. The van der Waals surface area contributed by atoms with Crippen LogP contribution in [0.5, 0.6) is 0 Å². The molecule has 1 aliphatic rings. The number of carbonyl (C=O) groups is 4. The second kappa shape index (κ2) is 11.4. The molecule has 0 aliphatic carbocycles. The van der Waals surface area contributed by atoms with Gasteiger partial charge in [0.15, 0.2) is 5.54 Å². The van der Waals surface area contributed by atoms with E-state index in [9.17, 15) is 19.2 Å². The Bertz CT molecular complexity index is 1480. The van der Waals surface area contributed by atoms with E-state index in [1.807, 2.05) is 30.3 Å². The lowest BCUT2D eigenvalue weighted by atomic mass is 9.73. The van der Waals surface area contributed by atoms with Gasteiger partial charge in [-0.1, -0.05) is 66.2 Å². The van der Waals surface area contributed by atoms with Crippen molar-refractivity contribution in [1.82, 2.24) is 5.32 Å². The number of anilines is 1. The van der Waals surface area contributed by atoms with E-state index < -0.39 is 41.0 Å². The second-order valence-corrected chi connectivity index (χ2v) is 10.9. The number of alkyl carbamates (subject to hydrolysis) is 1. The summed E-state index contributed by atoms with van der Waals surface area (Å²) in [7, 11) is 2.42. The van der Waals surface area contributed by atoms with Gasteiger partial charge in [-0.2, -0.15) is 0 Å². The highest BCUT2D eigenvalue weighted by Gasteiger charge is 2.61. The van der Waals surface area contributed by atoms with Gasteiger partial charge in [0, 0.05) is 5.56 Å². The molecule has 1 N–H and O–H groups in total. The lowest BCUT2D eigenvalue weighted by Crippen LogP contribution is -2.59. The maximum Gasteiger partial charge on any atom is 0.408 e. The molecule has 214 valence electrons. The van der Waals surface area contributed by atoms with Gasteiger partial charge in [-0.05, 0) is 51.0 Å². The molecule has 0 saturated carbocycles. The van der Waals surface area contributed by atoms with Crippen LogP contribution in [-0.2, 0) is 35.9 Å². The van der Waals surface area contributed by atoms with Crippen LogP contribution in [0.4, 0.5) is 10.5 Å². The molecule has 1 aliphatic heterocycles. The van der Waals surface area contributed by atoms with Gasteiger partial charge in [0.1, 0.15) is 11.5 Å². The van der Waals surface area contributed by atoms with Crippen molar-refractivity contribution >= 4 is 29.6 Å². The first-order valence-electron chi connectivity index (χ1n) is 13.2. The molecule has 4 rings (SSSR count). The Morgan fingerprint density at radius 2 is 1.59 bits per heavy atom. The zero-order valence-electron chi connectivity index (χ0n) is 24.0. The number of nitrogens with one attached hydrogen (secondary N) is 1. The molecule has 1 heterocycles. The summed E-state index contributed by atoms with van der Waals surface area (Å²) in [5.74, 6) is -3.60. The standard InChI is InChI=1S/C32H34N2O7/c1-20-16-17-22(27(35)39-5)23(18-20)26(28(36)40-6)32(33-30(38)41-31(2,3)4)24-14-10-11-15-25(24)34(29(32)37)19-21-12-8-7-9-13-21/h7-18,26H,19H2,1-6H3,(H,33,38)/t26-,32-/m0/s1. The Hall–Kier alpha value is -4.66. The fourth-order valence-electron chi connectivity index (χ4n) is 5.21. The minimum Gasteiger partial charge on any atom is -0.468 e. The third-order valence-corrected chi connectivity index (χ3v) is 6.88. The van der Waals surface area contributed by atoms with Crippen molar-refractivity contribution in [2.75, 3.05) is 19.1 Å². The molecule has 0 radical (unpaired) electrons. The number of nitrogens with zero attached hydrogens (tertiary/aromatic N) is 1. The number of hydrogen-bond acceptors (Lipinski definition) is 7. The predicted molar refractivity (Wildman–Crippen MR) is 152 cm³/mol. The number of amides is 2. The maximum absolute atomic E-state index is 14.8.